The van der Waals surface area contributed by atoms with E-state index in [4.69, 9.17) is 5.11 Å². The van der Waals surface area contributed by atoms with Gasteiger partial charge in [-0.2, -0.15) is 0 Å². The van der Waals surface area contributed by atoms with Gasteiger partial charge in [-0.3, -0.25) is 4.79 Å². The number of unbranched alkanes of at least 4 members (excludes halogenated alkanes) is 3. The smallest absolute Gasteiger partial charge is 0.312 e. The number of aromatic nitrogens is 1. The summed E-state index contributed by atoms with van der Waals surface area (Å²) in [6, 6.07) is 0. The first kappa shape index (κ1) is 13.3. The van der Waals surface area contributed by atoms with Crippen molar-refractivity contribution in [1.82, 2.24) is 4.98 Å². The molecule has 0 fully saturated rings. The van der Waals surface area contributed by atoms with Gasteiger partial charge < -0.3 is 10.4 Å². The van der Waals surface area contributed by atoms with Crippen molar-refractivity contribution in [3.63, 3.8) is 0 Å². The Hall–Kier alpha value is -1.10. The molecule has 1 unspecified atom stereocenters. The molecule has 0 radical (unpaired) electrons. The van der Waals surface area contributed by atoms with Gasteiger partial charge in [0.05, 0.1) is 5.69 Å². The Bertz CT molecular complexity index is 417. The number of carbonyl (C=O) groups is 1. The Labute approximate surface area is 111 Å². The predicted molar refractivity (Wildman–Crippen MR) is 73.4 cm³/mol. The molecule has 0 bridgehead atoms. The van der Waals surface area contributed by atoms with Crippen LogP contribution < -0.4 is 5.32 Å². The second-order valence-corrected chi connectivity index (χ2v) is 5.83. The summed E-state index contributed by atoms with van der Waals surface area (Å²) in [5, 5.41) is 13.3. The molecule has 5 heteroatoms. The molecule has 1 aromatic heterocycles. The molecular weight excluding hydrogens is 248 g/mol. The number of hydrogen-bond acceptors (Lipinski definition) is 4. The molecule has 100 valence electrons. The normalized spacial score (nSPS) is 17.7. The number of rotatable bonds is 7. The molecule has 2 rings (SSSR count). The van der Waals surface area contributed by atoms with Gasteiger partial charge in [0, 0.05) is 11.4 Å². The summed E-state index contributed by atoms with van der Waals surface area (Å²) in [4.78, 5) is 16.6. The van der Waals surface area contributed by atoms with E-state index < -0.39 is 5.97 Å². The van der Waals surface area contributed by atoms with Crippen LogP contribution in [0.1, 0.15) is 55.5 Å². The minimum absolute atomic E-state index is 0.383. The number of anilines is 1. The Morgan fingerprint density at radius 3 is 3.06 bits per heavy atom. The van der Waals surface area contributed by atoms with Gasteiger partial charge in [-0.1, -0.05) is 26.2 Å². The number of aryl methyl sites for hydroxylation is 1. The lowest BCUT2D eigenvalue weighted by Crippen LogP contribution is -2.09. The molecule has 0 amide bonds. The third kappa shape index (κ3) is 3.02. The summed E-state index contributed by atoms with van der Waals surface area (Å²) in [6.07, 6.45) is 6.48. The molecule has 1 heterocycles. The van der Waals surface area contributed by atoms with E-state index in [1.807, 2.05) is 0 Å². The van der Waals surface area contributed by atoms with Crippen LogP contribution in [0.5, 0.6) is 0 Å². The fourth-order valence-corrected chi connectivity index (χ4v) is 3.35. The molecular formula is C13H20N2O2S. The fraction of sp³-hybridized carbons (Fsp3) is 0.692. The van der Waals surface area contributed by atoms with E-state index in [1.165, 1.54) is 19.3 Å². The standard InChI is InChI=1S/C13H20N2O2S/c1-2-3-4-5-8-14-13-15-11-9(12(16)17)6-7-10(11)18-13/h9H,2-8H2,1H3,(H,14,15)(H,16,17). The topological polar surface area (TPSA) is 62.2 Å². The van der Waals surface area contributed by atoms with E-state index >= 15 is 0 Å². The zero-order chi connectivity index (χ0) is 13.0. The zero-order valence-electron chi connectivity index (χ0n) is 10.7. The molecule has 0 aromatic carbocycles. The highest BCUT2D eigenvalue weighted by molar-refractivity contribution is 7.15. The summed E-state index contributed by atoms with van der Waals surface area (Å²) in [5.41, 5.74) is 0.795. The minimum Gasteiger partial charge on any atom is -0.481 e. The van der Waals surface area contributed by atoms with E-state index in [1.54, 1.807) is 11.3 Å². The van der Waals surface area contributed by atoms with Crippen LogP contribution in [-0.2, 0) is 11.2 Å². The quantitative estimate of drug-likeness (QED) is 0.745. The Morgan fingerprint density at radius 1 is 1.50 bits per heavy atom. The molecule has 4 nitrogen and oxygen atoms in total. The van der Waals surface area contributed by atoms with Crippen LogP contribution in [-0.4, -0.2) is 22.6 Å². The van der Waals surface area contributed by atoms with Crippen LogP contribution in [0.3, 0.4) is 0 Å². The maximum atomic E-state index is 11.1. The molecule has 1 aliphatic rings. The fourth-order valence-electron chi connectivity index (χ4n) is 2.29. The summed E-state index contributed by atoms with van der Waals surface area (Å²) in [5.74, 6) is -1.12. The van der Waals surface area contributed by atoms with Crippen LogP contribution in [0.2, 0.25) is 0 Å². The molecule has 1 aliphatic carbocycles. The highest BCUT2D eigenvalue weighted by atomic mass is 32.1. The number of nitrogens with zero attached hydrogens (tertiary/aromatic N) is 1. The van der Waals surface area contributed by atoms with Gasteiger partial charge in [0.15, 0.2) is 5.13 Å². The number of nitrogens with one attached hydrogen (secondary N) is 1. The first-order chi connectivity index (χ1) is 8.72. The van der Waals surface area contributed by atoms with Crippen molar-refractivity contribution >= 4 is 22.4 Å². The lowest BCUT2D eigenvalue weighted by molar-refractivity contribution is -0.138. The zero-order valence-corrected chi connectivity index (χ0v) is 11.6. The van der Waals surface area contributed by atoms with E-state index in [0.29, 0.717) is 6.42 Å². The van der Waals surface area contributed by atoms with E-state index in [0.717, 1.165) is 35.1 Å². The van der Waals surface area contributed by atoms with Gasteiger partial charge >= 0.3 is 5.97 Å². The molecule has 0 spiro atoms. The van der Waals surface area contributed by atoms with Gasteiger partial charge in [0.2, 0.25) is 0 Å². The number of carboxylic acids is 1. The lowest BCUT2D eigenvalue weighted by Gasteiger charge is -2.03. The van der Waals surface area contributed by atoms with Gasteiger partial charge in [0.1, 0.15) is 5.92 Å². The molecule has 2 N–H and O–H groups in total. The summed E-state index contributed by atoms with van der Waals surface area (Å²) < 4.78 is 0. The van der Waals surface area contributed by atoms with E-state index in [2.05, 4.69) is 17.2 Å². The molecule has 1 atom stereocenters. The Morgan fingerprint density at radius 2 is 2.33 bits per heavy atom. The van der Waals surface area contributed by atoms with Crippen molar-refractivity contribution in [3.05, 3.63) is 10.6 Å². The number of thiazole rings is 1. The molecule has 0 saturated heterocycles. The third-order valence-corrected chi connectivity index (χ3v) is 4.41. The average molecular weight is 268 g/mol. The first-order valence-electron chi connectivity index (χ1n) is 6.68. The first-order valence-corrected chi connectivity index (χ1v) is 7.50. The van der Waals surface area contributed by atoms with Gasteiger partial charge in [0.25, 0.3) is 0 Å². The van der Waals surface area contributed by atoms with Crippen LogP contribution in [0.25, 0.3) is 0 Å². The average Bonchev–Trinajstić information content (AvgIpc) is 2.87. The molecule has 0 aliphatic heterocycles. The largest absolute Gasteiger partial charge is 0.481 e. The minimum atomic E-state index is -0.742. The van der Waals surface area contributed by atoms with Crippen molar-refractivity contribution < 1.29 is 9.90 Å². The van der Waals surface area contributed by atoms with E-state index in [-0.39, 0.29) is 5.92 Å². The number of hydrogen-bond donors (Lipinski definition) is 2. The maximum Gasteiger partial charge on any atom is 0.312 e. The number of fused-ring (bicyclic) bond motifs is 1. The second-order valence-electron chi connectivity index (χ2n) is 4.74. The summed E-state index contributed by atoms with van der Waals surface area (Å²) >= 11 is 1.62. The van der Waals surface area contributed by atoms with Crippen molar-refractivity contribution in [1.29, 1.82) is 0 Å². The highest BCUT2D eigenvalue weighted by Crippen LogP contribution is 2.38. The predicted octanol–water partition coefficient (Wildman–Crippen LogP) is 3.25. The maximum absolute atomic E-state index is 11.1. The molecule has 1 aromatic rings. The lowest BCUT2D eigenvalue weighted by atomic mass is 10.1. The SMILES string of the molecule is CCCCCCNc1nc2c(s1)CCC2C(=O)O. The van der Waals surface area contributed by atoms with Crippen molar-refractivity contribution in [2.45, 2.75) is 51.4 Å². The summed E-state index contributed by atoms with van der Waals surface area (Å²) in [7, 11) is 0. The highest BCUT2D eigenvalue weighted by Gasteiger charge is 2.32. The van der Waals surface area contributed by atoms with Gasteiger partial charge in [-0.25, -0.2) is 4.98 Å². The summed E-state index contributed by atoms with van der Waals surface area (Å²) in [6.45, 7) is 3.13. The van der Waals surface area contributed by atoms with Crippen molar-refractivity contribution in [2.75, 3.05) is 11.9 Å². The van der Waals surface area contributed by atoms with Crippen molar-refractivity contribution in [3.8, 4) is 0 Å². The van der Waals surface area contributed by atoms with Crippen molar-refractivity contribution in [2.24, 2.45) is 0 Å². The van der Waals surface area contributed by atoms with Gasteiger partial charge in [-0.15, -0.1) is 11.3 Å². The van der Waals surface area contributed by atoms with Crippen LogP contribution in [0, 0.1) is 0 Å². The van der Waals surface area contributed by atoms with Gasteiger partial charge in [-0.05, 0) is 19.3 Å². The molecule has 0 saturated carbocycles. The Kier molecular flexibility index (Phi) is 4.58. The van der Waals surface area contributed by atoms with Crippen LogP contribution >= 0.6 is 11.3 Å². The molecule has 18 heavy (non-hydrogen) atoms. The monoisotopic (exact) mass is 268 g/mol. The third-order valence-electron chi connectivity index (χ3n) is 3.32. The number of aliphatic carboxylic acids is 1. The van der Waals surface area contributed by atoms with Crippen LogP contribution in [0.15, 0.2) is 0 Å². The second kappa shape index (κ2) is 6.18. The Balaban J connectivity index is 1.85. The van der Waals surface area contributed by atoms with E-state index in [9.17, 15) is 4.79 Å². The van der Waals surface area contributed by atoms with Crippen LogP contribution in [0.4, 0.5) is 5.13 Å². The number of carboxylic acid groups (broad SMARTS) is 1.